The number of ether oxygens (including phenoxy) is 1. The van der Waals surface area contributed by atoms with E-state index in [1.165, 1.54) is 31.7 Å². The topological polar surface area (TPSA) is 80.1 Å². The van der Waals surface area contributed by atoms with Crippen molar-refractivity contribution in [3.05, 3.63) is 53.0 Å². The van der Waals surface area contributed by atoms with Gasteiger partial charge in [-0.25, -0.2) is 9.18 Å². The molecule has 23 heavy (non-hydrogen) atoms. The lowest BCUT2D eigenvalue weighted by Crippen LogP contribution is -2.37. The lowest BCUT2D eigenvalue weighted by molar-refractivity contribution is 0.0525. The molecule has 0 fully saturated rings. The second kappa shape index (κ2) is 7.32. The zero-order valence-electron chi connectivity index (χ0n) is 12.2. The lowest BCUT2D eigenvalue weighted by Gasteiger charge is -2.10. The van der Waals surface area contributed by atoms with Gasteiger partial charge in [0, 0.05) is 17.4 Å². The summed E-state index contributed by atoms with van der Waals surface area (Å²) in [5.41, 5.74) is 0.536. The molecule has 1 aromatic heterocycles. The maximum atomic E-state index is 14.0. The van der Waals surface area contributed by atoms with Gasteiger partial charge in [0.25, 0.3) is 0 Å². The van der Waals surface area contributed by atoms with Crippen molar-refractivity contribution in [1.82, 2.24) is 4.98 Å². The van der Waals surface area contributed by atoms with Crippen LogP contribution in [-0.2, 0) is 4.74 Å². The number of nitrogens with zero attached hydrogens (tertiary/aromatic N) is 2. The second-order valence-corrected chi connectivity index (χ2v) is 4.49. The Morgan fingerprint density at radius 1 is 1.48 bits per heavy atom. The van der Waals surface area contributed by atoms with Gasteiger partial charge in [-0.1, -0.05) is 6.07 Å². The molecule has 2 rings (SSSR count). The second-order valence-electron chi connectivity index (χ2n) is 4.49. The van der Waals surface area contributed by atoms with E-state index >= 15 is 0 Å². The molecule has 0 amide bonds. The van der Waals surface area contributed by atoms with Gasteiger partial charge in [0.05, 0.1) is 23.8 Å². The average Bonchev–Trinajstić information content (AvgIpc) is 2.56. The number of hydrogen-bond acceptors (Lipinski definition) is 5. The van der Waals surface area contributed by atoms with Crippen LogP contribution in [0.5, 0.6) is 0 Å². The third-order valence-electron chi connectivity index (χ3n) is 3.04. The van der Waals surface area contributed by atoms with E-state index in [1.807, 2.05) is 6.07 Å². The van der Waals surface area contributed by atoms with Gasteiger partial charge < -0.3 is 4.74 Å². The summed E-state index contributed by atoms with van der Waals surface area (Å²) in [4.78, 5) is 27.2. The van der Waals surface area contributed by atoms with Gasteiger partial charge in [0.2, 0.25) is 7.28 Å². The first-order chi connectivity index (χ1) is 11.1. The Bertz CT molecular complexity index is 802. The van der Waals surface area contributed by atoms with Crippen molar-refractivity contribution in [2.24, 2.45) is 0 Å². The van der Waals surface area contributed by atoms with Crippen LogP contribution in [0.3, 0.4) is 0 Å². The highest BCUT2D eigenvalue weighted by Crippen LogP contribution is 2.05. The number of benzene rings is 1. The summed E-state index contributed by atoms with van der Waals surface area (Å²) in [7, 11) is 1.33. The third kappa shape index (κ3) is 3.61. The molecule has 113 valence electrons. The molecule has 1 aromatic carbocycles. The van der Waals surface area contributed by atoms with Crippen LogP contribution in [0.4, 0.5) is 4.39 Å². The fraction of sp³-hybridized carbons (Fsp3) is 0.125. The first kappa shape index (κ1) is 16.4. The molecule has 7 heteroatoms. The van der Waals surface area contributed by atoms with Gasteiger partial charge >= 0.3 is 5.97 Å². The largest absolute Gasteiger partial charge is 0.462 e. The minimum absolute atomic E-state index is 0.0203. The minimum atomic E-state index is -0.706. The molecular formula is C16H11BFN2O3. The molecule has 1 radical (unpaired) electrons. The Morgan fingerprint density at radius 2 is 2.26 bits per heavy atom. The molecule has 5 nitrogen and oxygen atoms in total. The predicted octanol–water partition coefficient (Wildman–Crippen LogP) is 0.737. The van der Waals surface area contributed by atoms with Gasteiger partial charge in [-0.15, -0.1) is 0 Å². The number of carbonyl (C=O) groups excluding carboxylic acids is 2. The Labute approximate surface area is 133 Å². The van der Waals surface area contributed by atoms with E-state index in [0.29, 0.717) is 6.29 Å². The lowest BCUT2D eigenvalue weighted by atomic mass is 9.64. The summed E-state index contributed by atoms with van der Waals surface area (Å²) in [5.74, 6) is -1.33. The highest BCUT2D eigenvalue weighted by molar-refractivity contribution is 6.68. The zero-order chi connectivity index (χ0) is 16.8. The van der Waals surface area contributed by atoms with Crippen LogP contribution in [0.1, 0.15) is 33.2 Å². The molecular weight excluding hydrogens is 298 g/mol. The fourth-order valence-corrected chi connectivity index (χ4v) is 1.99. The zero-order valence-corrected chi connectivity index (χ0v) is 12.2. The van der Waals surface area contributed by atoms with E-state index in [-0.39, 0.29) is 34.4 Å². The smallest absolute Gasteiger partial charge is 0.339 e. The Balaban J connectivity index is 2.46. The van der Waals surface area contributed by atoms with Crippen LogP contribution in [-0.4, -0.2) is 31.1 Å². The number of carbonyl (C=O) groups is 2. The van der Waals surface area contributed by atoms with Gasteiger partial charge in [0.1, 0.15) is 5.82 Å². The Hall–Kier alpha value is -3.01. The molecule has 0 atom stereocenters. The highest BCUT2D eigenvalue weighted by atomic mass is 19.1. The number of halogens is 1. The number of pyridine rings is 1. The third-order valence-corrected chi connectivity index (χ3v) is 3.04. The van der Waals surface area contributed by atoms with Crippen LogP contribution in [0, 0.1) is 17.1 Å². The van der Waals surface area contributed by atoms with Gasteiger partial charge in [-0.05, 0) is 30.6 Å². The monoisotopic (exact) mass is 309 g/mol. The van der Waals surface area contributed by atoms with E-state index in [2.05, 4.69) is 4.98 Å². The van der Waals surface area contributed by atoms with Crippen molar-refractivity contribution in [2.75, 3.05) is 6.61 Å². The maximum Gasteiger partial charge on any atom is 0.339 e. The van der Waals surface area contributed by atoms with Crippen molar-refractivity contribution in [2.45, 2.75) is 6.92 Å². The number of esters is 1. The first-order valence-corrected chi connectivity index (χ1v) is 6.76. The van der Waals surface area contributed by atoms with Gasteiger partial charge in [-0.2, -0.15) is 5.26 Å². The highest BCUT2D eigenvalue weighted by Gasteiger charge is 2.20. The molecule has 2 aromatic rings. The van der Waals surface area contributed by atoms with Gasteiger partial charge in [-0.3, -0.25) is 9.78 Å². The van der Waals surface area contributed by atoms with Crippen molar-refractivity contribution < 1.29 is 18.7 Å². The molecule has 0 bridgehead atoms. The summed E-state index contributed by atoms with van der Waals surface area (Å²) in [6, 6.07) is 7.14. The molecule has 0 spiro atoms. The first-order valence-electron chi connectivity index (χ1n) is 6.76. The number of nitriles is 1. The summed E-state index contributed by atoms with van der Waals surface area (Å²) >= 11 is 0. The quantitative estimate of drug-likeness (QED) is 0.462. The maximum absolute atomic E-state index is 14.0. The Morgan fingerprint density at radius 3 is 2.87 bits per heavy atom. The molecule has 0 saturated carbocycles. The normalized spacial score (nSPS) is 9.78. The van der Waals surface area contributed by atoms with Crippen LogP contribution >= 0.6 is 0 Å². The molecule has 0 saturated heterocycles. The summed E-state index contributed by atoms with van der Waals surface area (Å²) < 4.78 is 18.9. The number of aldehydes is 1. The fourth-order valence-electron chi connectivity index (χ4n) is 1.99. The van der Waals surface area contributed by atoms with Crippen molar-refractivity contribution in [3.8, 4) is 6.07 Å². The van der Waals surface area contributed by atoms with E-state index in [1.54, 1.807) is 6.92 Å². The van der Waals surface area contributed by atoms with Crippen LogP contribution in [0.15, 0.2) is 30.5 Å². The Kier molecular flexibility index (Phi) is 5.21. The molecule has 0 aliphatic carbocycles. The number of hydrogen-bond donors (Lipinski definition) is 0. The number of rotatable bonds is 5. The number of aromatic nitrogens is 1. The summed E-state index contributed by atoms with van der Waals surface area (Å²) in [6.07, 6.45) is 1.86. The van der Waals surface area contributed by atoms with Crippen molar-refractivity contribution >= 4 is 30.6 Å². The van der Waals surface area contributed by atoms with E-state index in [4.69, 9.17) is 10.00 Å². The van der Waals surface area contributed by atoms with Crippen LogP contribution in [0.25, 0.3) is 0 Å². The predicted molar refractivity (Wildman–Crippen MR) is 81.7 cm³/mol. The molecule has 1 heterocycles. The minimum Gasteiger partial charge on any atom is -0.462 e. The standard InChI is InChI=1S/C16H11BFN2O3/c1-2-23-16(22)14-11(9-21)5-6-20-15(14)17-12-4-3-10(8-19)7-13(12)18/h3-7,9H,2H2,1H3. The van der Waals surface area contributed by atoms with E-state index in [9.17, 15) is 14.0 Å². The SMILES string of the molecule is CCOC(=O)c1c(C=O)ccnc1[B]c1ccc(C#N)cc1F. The summed E-state index contributed by atoms with van der Waals surface area (Å²) in [6.45, 7) is 1.77. The van der Waals surface area contributed by atoms with Crippen LogP contribution < -0.4 is 11.1 Å². The molecule has 0 unspecified atom stereocenters. The molecule has 0 aliphatic heterocycles. The van der Waals surface area contributed by atoms with E-state index in [0.717, 1.165) is 6.07 Å². The van der Waals surface area contributed by atoms with Crippen molar-refractivity contribution in [1.29, 1.82) is 5.26 Å². The van der Waals surface area contributed by atoms with Crippen molar-refractivity contribution in [3.63, 3.8) is 0 Å². The molecule has 0 N–H and O–H groups in total. The molecule has 0 aliphatic rings. The average molecular weight is 309 g/mol. The summed E-state index contributed by atoms with van der Waals surface area (Å²) in [5, 5.41) is 8.75. The van der Waals surface area contributed by atoms with Gasteiger partial charge in [0.15, 0.2) is 6.29 Å². The van der Waals surface area contributed by atoms with E-state index < -0.39 is 11.8 Å². The van der Waals surface area contributed by atoms with Crippen LogP contribution in [0.2, 0.25) is 0 Å².